The number of nitrogens with zero attached hydrogens (tertiary/aromatic N) is 5. The molecule has 0 saturated heterocycles. The Morgan fingerprint density at radius 2 is 2.07 bits per heavy atom. The number of alkyl halides is 3. The van der Waals surface area contributed by atoms with Crippen molar-refractivity contribution in [2.24, 2.45) is 5.73 Å². The van der Waals surface area contributed by atoms with Gasteiger partial charge in [-0.2, -0.15) is 23.3 Å². The number of pyridine rings is 1. The van der Waals surface area contributed by atoms with Gasteiger partial charge >= 0.3 is 12.2 Å². The standard InChI is InChI=1S/C18H14F3N7O2/c19-18(20,21)2-4-30-17-23-3-1-12(27-17)14-5-10-7-24-15(6-13(10)26-14)28-9-11(8-25-28)16(22)29/h1,3,5-9,26H,2,4H2,(H2,22,29). The van der Waals surface area contributed by atoms with E-state index in [0.717, 1.165) is 5.39 Å². The van der Waals surface area contributed by atoms with E-state index in [-0.39, 0.29) is 11.6 Å². The van der Waals surface area contributed by atoms with E-state index in [1.165, 1.54) is 23.3 Å². The summed E-state index contributed by atoms with van der Waals surface area (Å²) < 4.78 is 43.2. The zero-order chi connectivity index (χ0) is 21.3. The molecule has 154 valence electrons. The highest BCUT2D eigenvalue weighted by atomic mass is 19.4. The minimum absolute atomic E-state index is 0.148. The van der Waals surface area contributed by atoms with Crippen molar-refractivity contribution in [3.63, 3.8) is 0 Å². The van der Waals surface area contributed by atoms with E-state index in [4.69, 9.17) is 10.5 Å². The Morgan fingerprint density at radius 1 is 1.23 bits per heavy atom. The van der Waals surface area contributed by atoms with Gasteiger partial charge in [0.05, 0.1) is 35.1 Å². The molecule has 0 aliphatic rings. The van der Waals surface area contributed by atoms with Gasteiger partial charge in [-0.25, -0.2) is 14.6 Å². The number of rotatable bonds is 6. The molecule has 0 radical (unpaired) electrons. The zero-order valence-electron chi connectivity index (χ0n) is 15.2. The molecule has 0 aliphatic carbocycles. The first-order chi connectivity index (χ1) is 14.3. The lowest BCUT2D eigenvalue weighted by Crippen LogP contribution is -2.13. The second-order valence-corrected chi connectivity index (χ2v) is 6.29. The van der Waals surface area contributed by atoms with Crippen LogP contribution < -0.4 is 10.5 Å². The number of carbonyl (C=O) groups is 1. The van der Waals surface area contributed by atoms with Crippen LogP contribution in [0.5, 0.6) is 6.01 Å². The number of aromatic nitrogens is 6. The van der Waals surface area contributed by atoms with Gasteiger partial charge < -0.3 is 15.5 Å². The molecule has 4 aromatic heterocycles. The quantitative estimate of drug-likeness (QED) is 0.497. The molecule has 0 bridgehead atoms. The van der Waals surface area contributed by atoms with Gasteiger partial charge in [-0.15, -0.1) is 0 Å². The first-order valence-electron chi connectivity index (χ1n) is 8.65. The maximum absolute atomic E-state index is 12.3. The van der Waals surface area contributed by atoms with Crippen LogP contribution in [-0.4, -0.2) is 48.4 Å². The van der Waals surface area contributed by atoms with Crippen LogP contribution in [0.15, 0.2) is 43.0 Å². The van der Waals surface area contributed by atoms with Gasteiger partial charge in [0.25, 0.3) is 5.91 Å². The summed E-state index contributed by atoms with van der Waals surface area (Å²) in [6.45, 7) is -0.565. The summed E-state index contributed by atoms with van der Waals surface area (Å²) >= 11 is 0. The summed E-state index contributed by atoms with van der Waals surface area (Å²) in [5, 5.41) is 4.83. The third kappa shape index (κ3) is 4.21. The summed E-state index contributed by atoms with van der Waals surface area (Å²) in [6, 6.07) is 4.96. The summed E-state index contributed by atoms with van der Waals surface area (Å²) in [5.41, 5.74) is 7.24. The maximum Gasteiger partial charge on any atom is 0.392 e. The van der Waals surface area contributed by atoms with Gasteiger partial charge in [-0.1, -0.05) is 0 Å². The number of aromatic amines is 1. The SMILES string of the molecule is NC(=O)c1cnn(-c2cc3[nH]c(-c4ccnc(OCCC(F)(F)F)n4)cc3cn2)c1. The van der Waals surface area contributed by atoms with Crippen LogP contribution in [0.25, 0.3) is 28.1 Å². The highest BCUT2D eigenvalue weighted by molar-refractivity contribution is 5.92. The van der Waals surface area contributed by atoms with Crippen molar-refractivity contribution in [3.05, 3.63) is 48.5 Å². The van der Waals surface area contributed by atoms with Crippen molar-refractivity contribution in [3.8, 4) is 23.2 Å². The number of hydrogen-bond donors (Lipinski definition) is 2. The normalized spacial score (nSPS) is 11.7. The molecular weight excluding hydrogens is 403 g/mol. The fraction of sp³-hybridized carbons (Fsp3) is 0.167. The molecule has 4 aromatic rings. The number of carbonyl (C=O) groups excluding carboxylic acids is 1. The molecule has 0 saturated carbocycles. The predicted molar refractivity (Wildman–Crippen MR) is 98.9 cm³/mol. The van der Waals surface area contributed by atoms with Crippen LogP contribution in [-0.2, 0) is 0 Å². The average Bonchev–Trinajstić information content (AvgIpc) is 3.34. The fourth-order valence-electron chi connectivity index (χ4n) is 2.67. The molecule has 4 rings (SSSR count). The van der Waals surface area contributed by atoms with E-state index in [1.807, 2.05) is 0 Å². The Labute approximate surface area is 166 Å². The molecule has 30 heavy (non-hydrogen) atoms. The molecule has 9 nitrogen and oxygen atoms in total. The van der Waals surface area contributed by atoms with Crippen LogP contribution in [0, 0.1) is 0 Å². The third-order valence-electron chi connectivity index (χ3n) is 4.12. The Hall–Kier alpha value is -3.96. The van der Waals surface area contributed by atoms with Crippen molar-refractivity contribution in [1.82, 2.24) is 29.7 Å². The fourth-order valence-corrected chi connectivity index (χ4v) is 2.67. The van der Waals surface area contributed by atoms with Crippen LogP contribution in [0.3, 0.4) is 0 Å². The number of hydrogen-bond acceptors (Lipinski definition) is 6. The Bertz CT molecular complexity index is 1220. The molecule has 0 atom stereocenters. The number of fused-ring (bicyclic) bond motifs is 1. The van der Waals surface area contributed by atoms with Gasteiger partial charge in [0.15, 0.2) is 5.82 Å². The topological polar surface area (TPSA) is 125 Å². The first-order valence-corrected chi connectivity index (χ1v) is 8.65. The minimum atomic E-state index is -4.31. The van der Waals surface area contributed by atoms with Gasteiger partial charge in [-0.3, -0.25) is 4.79 Å². The molecule has 12 heteroatoms. The lowest BCUT2D eigenvalue weighted by Gasteiger charge is -2.07. The van der Waals surface area contributed by atoms with Crippen LogP contribution in [0.1, 0.15) is 16.8 Å². The Balaban J connectivity index is 1.57. The van der Waals surface area contributed by atoms with Crippen LogP contribution in [0.4, 0.5) is 13.2 Å². The molecular formula is C18H14F3N7O2. The van der Waals surface area contributed by atoms with Gasteiger partial charge in [0.2, 0.25) is 0 Å². The van der Waals surface area contributed by atoms with Crippen LogP contribution in [0.2, 0.25) is 0 Å². The number of amides is 1. The molecule has 0 fully saturated rings. The largest absolute Gasteiger partial charge is 0.463 e. The second kappa shape index (κ2) is 7.46. The number of halogens is 3. The first kappa shape index (κ1) is 19.4. The molecule has 4 heterocycles. The van der Waals surface area contributed by atoms with E-state index in [2.05, 4.69) is 25.0 Å². The summed E-state index contributed by atoms with van der Waals surface area (Å²) in [7, 11) is 0. The van der Waals surface area contributed by atoms with E-state index in [0.29, 0.717) is 22.7 Å². The molecule has 0 aromatic carbocycles. The van der Waals surface area contributed by atoms with Crippen molar-refractivity contribution in [1.29, 1.82) is 0 Å². The van der Waals surface area contributed by atoms with Crippen molar-refractivity contribution < 1.29 is 22.7 Å². The summed E-state index contributed by atoms with van der Waals surface area (Å²) in [6.07, 6.45) is 0.414. The van der Waals surface area contributed by atoms with Crippen molar-refractivity contribution in [2.45, 2.75) is 12.6 Å². The number of nitrogens with one attached hydrogen (secondary N) is 1. The zero-order valence-corrected chi connectivity index (χ0v) is 15.2. The number of nitrogens with two attached hydrogens (primary N) is 1. The number of H-pyrrole nitrogens is 1. The van der Waals surface area contributed by atoms with Gasteiger partial charge in [-0.05, 0) is 12.1 Å². The van der Waals surface area contributed by atoms with Crippen molar-refractivity contribution >= 4 is 16.8 Å². The molecule has 3 N–H and O–H groups in total. The smallest absolute Gasteiger partial charge is 0.392 e. The minimum Gasteiger partial charge on any atom is -0.463 e. The Morgan fingerprint density at radius 3 is 2.80 bits per heavy atom. The average molecular weight is 417 g/mol. The van der Waals surface area contributed by atoms with Gasteiger partial charge in [0.1, 0.15) is 6.61 Å². The predicted octanol–water partition coefficient (Wildman–Crippen LogP) is 2.64. The molecule has 0 aliphatic heterocycles. The Kier molecular flexibility index (Phi) is 4.82. The monoisotopic (exact) mass is 417 g/mol. The highest BCUT2D eigenvalue weighted by Gasteiger charge is 2.27. The second-order valence-electron chi connectivity index (χ2n) is 6.29. The molecule has 0 spiro atoms. The molecule has 1 amide bonds. The lowest BCUT2D eigenvalue weighted by atomic mass is 10.2. The number of ether oxygens (including phenoxy) is 1. The number of primary amides is 1. The summed E-state index contributed by atoms with van der Waals surface area (Å²) in [4.78, 5) is 26.7. The molecule has 0 unspecified atom stereocenters. The van der Waals surface area contributed by atoms with Crippen molar-refractivity contribution in [2.75, 3.05) is 6.61 Å². The maximum atomic E-state index is 12.3. The third-order valence-corrected chi connectivity index (χ3v) is 4.12. The van der Waals surface area contributed by atoms with E-state index in [9.17, 15) is 18.0 Å². The lowest BCUT2D eigenvalue weighted by molar-refractivity contribution is -0.139. The van der Waals surface area contributed by atoms with E-state index in [1.54, 1.807) is 24.4 Å². The van der Waals surface area contributed by atoms with Crippen LogP contribution >= 0.6 is 0 Å². The van der Waals surface area contributed by atoms with E-state index < -0.39 is 25.1 Å². The van der Waals surface area contributed by atoms with Gasteiger partial charge in [0, 0.05) is 30.0 Å². The van der Waals surface area contributed by atoms with E-state index >= 15 is 0 Å². The highest BCUT2D eigenvalue weighted by Crippen LogP contribution is 2.25. The summed E-state index contributed by atoms with van der Waals surface area (Å²) in [5.74, 6) is -0.135.